The number of anilines is 1. The SMILES string of the molecule is COc1cc2cc([C@H](c3nnnn3C(C)(C)C)N3CCN(c4ccccc4F)CC3)c(=O)[nH]c2cc1OC. The van der Waals surface area contributed by atoms with Gasteiger partial charge in [-0.05, 0) is 55.5 Å². The molecule has 5 rings (SSSR count). The van der Waals surface area contributed by atoms with Crippen LogP contribution in [0.15, 0.2) is 47.3 Å². The number of aromatic nitrogens is 5. The van der Waals surface area contributed by atoms with Crippen LogP contribution in [-0.4, -0.2) is 70.5 Å². The van der Waals surface area contributed by atoms with Gasteiger partial charge < -0.3 is 19.4 Å². The van der Waals surface area contributed by atoms with E-state index in [-0.39, 0.29) is 11.4 Å². The Bertz CT molecular complexity index is 1500. The summed E-state index contributed by atoms with van der Waals surface area (Å²) in [4.78, 5) is 20.8. The lowest BCUT2D eigenvalue weighted by atomic mass is 10.0. The first-order chi connectivity index (χ1) is 18.2. The fourth-order valence-electron chi connectivity index (χ4n) is 5.02. The van der Waals surface area contributed by atoms with E-state index >= 15 is 0 Å². The molecule has 1 N–H and O–H groups in total. The monoisotopic (exact) mass is 521 g/mol. The highest BCUT2D eigenvalue weighted by molar-refractivity contribution is 5.83. The van der Waals surface area contributed by atoms with Gasteiger partial charge in [-0.15, -0.1) is 5.10 Å². The molecule has 0 amide bonds. The van der Waals surface area contributed by atoms with Crippen LogP contribution in [0.1, 0.15) is 38.2 Å². The normalized spacial score (nSPS) is 15.6. The van der Waals surface area contributed by atoms with E-state index in [1.54, 1.807) is 37.1 Å². The fourth-order valence-corrected chi connectivity index (χ4v) is 5.02. The number of halogens is 1. The number of piperazine rings is 1. The van der Waals surface area contributed by atoms with Crippen molar-refractivity contribution in [1.82, 2.24) is 30.1 Å². The molecule has 200 valence electrons. The first-order valence-corrected chi connectivity index (χ1v) is 12.5. The lowest BCUT2D eigenvalue weighted by Crippen LogP contribution is -2.49. The number of H-pyrrole nitrogens is 1. The number of ether oxygens (including phenoxy) is 2. The summed E-state index contributed by atoms with van der Waals surface area (Å²) < 4.78 is 27.1. The summed E-state index contributed by atoms with van der Waals surface area (Å²) in [6.45, 7) is 8.39. The van der Waals surface area contributed by atoms with Crippen molar-refractivity contribution in [2.75, 3.05) is 45.3 Å². The first kappa shape index (κ1) is 25.7. The number of rotatable bonds is 6. The molecule has 0 saturated carbocycles. The largest absolute Gasteiger partial charge is 0.493 e. The molecule has 1 saturated heterocycles. The van der Waals surface area contributed by atoms with Crippen molar-refractivity contribution < 1.29 is 13.9 Å². The van der Waals surface area contributed by atoms with Crippen molar-refractivity contribution in [2.45, 2.75) is 32.4 Å². The van der Waals surface area contributed by atoms with Crippen LogP contribution in [0.4, 0.5) is 10.1 Å². The summed E-state index contributed by atoms with van der Waals surface area (Å²) in [5, 5.41) is 13.4. The minimum Gasteiger partial charge on any atom is -0.493 e. The third kappa shape index (κ3) is 4.69. The Balaban J connectivity index is 1.59. The zero-order valence-corrected chi connectivity index (χ0v) is 22.2. The Labute approximate surface area is 220 Å². The van der Waals surface area contributed by atoms with E-state index in [9.17, 15) is 9.18 Å². The predicted octanol–water partition coefficient (Wildman–Crippen LogP) is 3.34. The molecule has 0 bridgehead atoms. The number of tetrazole rings is 1. The Hall–Kier alpha value is -3.99. The summed E-state index contributed by atoms with van der Waals surface area (Å²) in [5.41, 5.74) is 1.08. The number of aromatic amines is 1. The highest BCUT2D eigenvalue weighted by Crippen LogP contribution is 2.34. The standard InChI is InChI=1S/C27H32FN7O3/c1-27(2,3)35-25(30-31-32-35)24(34-12-10-33(11-13-34)21-9-7-6-8-19(21)28)18-14-17-15-22(37-4)23(38-5)16-20(17)29-26(18)36/h6-9,14-16,24H,10-13H2,1-5H3,(H,29,36)/t24-/m1/s1. The van der Waals surface area contributed by atoms with E-state index in [2.05, 4.69) is 25.4 Å². The molecule has 4 aromatic rings. The van der Waals surface area contributed by atoms with Crippen molar-refractivity contribution in [3.63, 3.8) is 0 Å². The van der Waals surface area contributed by atoms with Gasteiger partial charge in [0, 0.05) is 43.2 Å². The molecular weight excluding hydrogens is 489 g/mol. The van der Waals surface area contributed by atoms with Crippen LogP contribution in [0.2, 0.25) is 0 Å². The van der Waals surface area contributed by atoms with Gasteiger partial charge in [0.05, 0.1) is 31.0 Å². The number of methoxy groups -OCH3 is 2. The van der Waals surface area contributed by atoms with Crippen LogP contribution in [-0.2, 0) is 5.54 Å². The lowest BCUT2D eigenvalue weighted by molar-refractivity contribution is 0.190. The highest BCUT2D eigenvalue weighted by atomic mass is 19.1. The predicted molar refractivity (Wildman–Crippen MR) is 143 cm³/mol. The molecule has 1 atom stereocenters. The Morgan fingerprint density at radius 3 is 2.34 bits per heavy atom. The smallest absolute Gasteiger partial charge is 0.253 e. The molecule has 1 aliphatic rings. The van der Waals surface area contributed by atoms with Gasteiger partial charge in [-0.25, -0.2) is 9.07 Å². The molecule has 2 aromatic carbocycles. The van der Waals surface area contributed by atoms with Crippen molar-refractivity contribution in [1.29, 1.82) is 0 Å². The van der Waals surface area contributed by atoms with Crippen molar-refractivity contribution in [3.8, 4) is 11.5 Å². The fraction of sp³-hybridized carbons (Fsp3) is 0.407. The van der Waals surface area contributed by atoms with Crippen LogP contribution in [0.3, 0.4) is 0 Å². The van der Waals surface area contributed by atoms with Crippen molar-refractivity contribution in [2.24, 2.45) is 0 Å². The molecule has 10 nitrogen and oxygen atoms in total. The second-order valence-electron chi connectivity index (χ2n) is 10.3. The zero-order chi connectivity index (χ0) is 27.0. The average molecular weight is 522 g/mol. The van der Waals surface area contributed by atoms with E-state index in [1.165, 1.54) is 6.07 Å². The lowest BCUT2D eigenvalue weighted by Gasteiger charge is -2.40. The topological polar surface area (TPSA) is 101 Å². The van der Waals surface area contributed by atoms with Crippen LogP contribution >= 0.6 is 0 Å². The maximum absolute atomic E-state index is 14.5. The van der Waals surface area contributed by atoms with Gasteiger partial charge in [0.15, 0.2) is 17.3 Å². The molecule has 11 heteroatoms. The summed E-state index contributed by atoms with van der Waals surface area (Å²) in [6, 6.07) is 11.7. The summed E-state index contributed by atoms with van der Waals surface area (Å²) in [5.74, 6) is 1.42. The Morgan fingerprint density at radius 2 is 1.68 bits per heavy atom. The van der Waals surface area contributed by atoms with Gasteiger partial charge in [0.1, 0.15) is 11.9 Å². The van der Waals surface area contributed by atoms with Crippen LogP contribution in [0, 0.1) is 5.82 Å². The maximum Gasteiger partial charge on any atom is 0.253 e. The number of hydrogen-bond acceptors (Lipinski definition) is 8. The molecule has 0 spiro atoms. The number of hydrogen-bond donors (Lipinski definition) is 1. The third-order valence-electron chi connectivity index (χ3n) is 6.92. The number of nitrogens with zero attached hydrogens (tertiary/aromatic N) is 6. The molecule has 1 aliphatic heterocycles. The number of fused-ring (bicyclic) bond motifs is 1. The maximum atomic E-state index is 14.5. The Kier molecular flexibility index (Phi) is 6.78. The molecule has 0 aliphatic carbocycles. The van der Waals surface area contributed by atoms with Crippen molar-refractivity contribution >= 4 is 16.6 Å². The van der Waals surface area contributed by atoms with Gasteiger partial charge in [0.25, 0.3) is 5.56 Å². The highest BCUT2D eigenvalue weighted by Gasteiger charge is 2.35. The Morgan fingerprint density at radius 1 is 1.00 bits per heavy atom. The molecule has 2 aromatic heterocycles. The van der Waals surface area contributed by atoms with Gasteiger partial charge in [-0.2, -0.15) is 0 Å². The first-order valence-electron chi connectivity index (χ1n) is 12.5. The molecule has 0 unspecified atom stereocenters. The number of pyridine rings is 1. The zero-order valence-electron chi connectivity index (χ0n) is 22.2. The van der Waals surface area contributed by atoms with E-state index in [4.69, 9.17) is 9.47 Å². The molecule has 1 fully saturated rings. The van der Waals surface area contributed by atoms with Gasteiger partial charge in [-0.1, -0.05) is 12.1 Å². The van der Waals surface area contributed by atoms with Crippen molar-refractivity contribution in [3.05, 3.63) is 70.0 Å². The second-order valence-corrected chi connectivity index (χ2v) is 10.3. The molecule has 0 radical (unpaired) electrons. The molecule has 3 heterocycles. The summed E-state index contributed by atoms with van der Waals surface area (Å²) >= 11 is 0. The number of benzene rings is 2. The van der Waals surface area contributed by atoms with E-state index in [0.717, 1.165) is 5.39 Å². The average Bonchev–Trinajstić information content (AvgIpc) is 3.39. The minimum atomic E-state index is -0.520. The summed E-state index contributed by atoms with van der Waals surface area (Å²) in [7, 11) is 3.13. The second kappa shape index (κ2) is 10.1. The molecular formula is C27H32FN7O3. The van der Waals surface area contributed by atoms with Crippen LogP contribution in [0.5, 0.6) is 11.5 Å². The van der Waals surface area contributed by atoms with Gasteiger partial charge >= 0.3 is 0 Å². The summed E-state index contributed by atoms with van der Waals surface area (Å²) in [6.07, 6.45) is 0. The van der Waals surface area contributed by atoms with Gasteiger partial charge in [-0.3, -0.25) is 9.69 Å². The quantitative estimate of drug-likeness (QED) is 0.412. The number of nitrogens with one attached hydrogen (secondary N) is 1. The third-order valence-corrected chi connectivity index (χ3v) is 6.92. The van der Waals surface area contributed by atoms with Crippen LogP contribution in [0.25, 0.3) is 10.9 Å². The van der Waals surface area contributed by atoms with Gasteiger partial charge in [0.2, 0.25) is 0 Å². The van der Waals surface area contributed by atoms with E-state index < -0.39 is 11.6 Å². The van der Waals surface area contributed by atoms with E-state index in [0.29, 0.717) is 60.3 Å². The minimum absolute atomic E-state index is 0.241. The number of para-hydroxylation sites is 1. The van der Waals surface area contributed by atoms with Crippen LogP contribution < -0.4 is 19.9 Å². The van der Waals surface area contributed by atoms with E-state index in [1.807, 2.05) is 43.9 Å². The molecule has 38 heavy (non-hydrogen) atoms.